The number of hydrogen-bond acceptors (Lipinski definition) is 3. The van der Waals surface area contributed by atoms with Gasteiger partial charge in [0.05, 0.1) is 28.5 Å². The molecular formula is C15H23ClN4. The molecule has 1 aromatic rings. The Labute approximate surface area is 126 Å². The van der Waals surface area contributed by atoms with Gasteiger partial charge >= 0.3 is 0 Å². The Hall–Kier alpha value is -1.05. The summed E-state index contributed by atoms with van der Waals surface area (Å²) in [6.07, 6.45) is 4.88. The zero-order valence-electron chi connectivity index (χ0n) is 12.5. The quantitative estimate of drug-likeness (QED) is 0.924. The number of rotatable bonds is 4. The molecule has 2 atom stereocenters. The highest BCUT2D eigenvalue weighted by Gasteiger charge is 2.37. The summed E-state index contributed by atoms with van der Waals surface area (Å²) in [5.41, 5.74) is 1.48. The second-order valence-corrected chi connectivity index (χ2v) is 6.18. The summed E-state index contributed by atoms with van der Waals surface area (Å²) < 4.78 is 2.02. The van der Waals surface area contributed by atoms with Crippen molar-refractivity contribution in [3.8, 4) is 6.07 Å². The van der Waals surface area contributed by atoms with Crippen LogP contribution in [0.1, 0.15) is 56.5 Å². The van der Waals surface area contributed by atoms with Gasteiger partial charge in [0.15, 0.2) is 0 Å². The van der Waals surface area contributed by atoms with Gasteiger partial charge in [0, 0.05) is 6.42 Å². The Morgan fingerprint density at radius 3 is 2.85 bits per heavy atom. The Bertz CT molecular complexity index is 517. The third kappa shape index (κ3) is 2.84. The number of hydrogen-bond donors (Lipinski definition) is 1. The Kier molecular flexibility index (Phi) is 4.72. The van der Waals surface area contributed by atoms with Crippen LogP contribution in [0.2, 0.25) is 5.02 Å². The molecule has 1 heterocycles. The SMILES string of the molecule is CCCNC1(C#N)CCCC(n2nc(C)c(Cl)c2C)C1. The van der Waals surface area contributed by atoms with Crippen LogP contribution < -0.4 is 5.32 Å². The maximum absolute atomic E-state index is 9.59. The largest absolute Gasteiger partial charge is 0.299 e. The lowest BCUT2D eigenvalue weighted by molar-refractivity contribution is 0.218. The van der Waals surface area contributed by atoms with Gasteiger partial charge in [-0.05, 0) is 46.1 Å². The smallest absolute Gasteiger partial charge is 0.108 e. The number of aryl methyl sites for hydroxylation is 1. The molecule has 2 rings (SSSR count). The van der Waals surface area contributed by atoms with E-state index in [2.05, 4.69) is 23.4 Å². The predicted octanol–water partition coefficient (Wildman–Crippen LogP) is 3.53. The molecule has 20 heavy (non-hydrogen) atoms. The minimum Gasteiger partial charge on any atom is -0.299 e. The number of aromatic nitrogens is 2. The van der Waals surface area contributed by atoms with E-state index < -0.39 is 5.54 Å². The summed E-state index contributed by atoms with van der Waals surface area (Å²) in [4.78, 5) is 0. The summed E-state index contributed by atoms with van der Waals surface area (Å²) in [6, 6.07) is 2.77. The molecule has 1 aliphatic carbocycles. The summed E-state index contributed by atoms with van der Waals surface area (Å²) in [5.74, 6) is 0. The van der Waals surface area contributed by atoms with Crippen molar-refractivity contribution >= 4 is 11.6 Å². The van der Waals surface area contributed by atoms with Crippen molar-refractivity contribution in [2.75, 3.05) is 6.54 Å². The van der Waals surface area contributed by atoms with E-state index in [1.54, 1.807) is 0 Å². The third-order valence-electron chi connectivity index (χ3n) is 4.23. The lowest BCUT2D eigenvalue weighted by Crippen LogP contribution is -2.48. The fraction of sp³-hybridized carbons (Fsp3) is 0.733. The topological polar surface area (TPSA) is 53.6 Å². The third-order valence-corrected chi connectivity index (χ3v) is 4.78. The lowest BCUT2D eigenvalue weighted by Gasteiger charge is -2.37. The molecule has 2 unspecified atom stereocenters. The molecule has 0 aromatic carbocycles. The molecule has 4 nitrogen and oxygen atoms in total. The van der Waals surface area contributed by atoms with E-state index in [1.807, 2.05) is 18.5 Å². The second-order valence-electron chi connectivity index (χ2n) is 5.80. The minimum absolute atomic E-state index is 0.263. The molecule has 1 saturated carbocycles. The molecule has 0 radical (unpaired) electrons. The molecule has 0 spiro atoms. The van der Waals surface area contributed by atoms with Gasteiger partial charge in [-0.1, -0.05) is 18.5 Å². The number of nitrogens with zero attached hydrogens (tertiary/aromatic N) is 3. The second kappa shape index (κ2) is 6.15. The molecule has 1 N–H and O–H groups in total. The summed E-state index contributed by atoms with van der Waals surface area (Å²) in [5, 5.41) is 18.3. The van der Waals surface area contributed by atoms with E-state index in [-0.39, 0.29) is 6.04 Å². The zero-order valence-corrected chi connectivity index (χ0v) is 13.3. The number of nitriles is 1. The molecule has 0 amide bonds. The van der Waals surface area contributed by atoms with Crippen LogP contribution in [0, 0.1) is 25.2 Å². The fourth-order valence-electron chi connectivity index (χ4n) is 3.12. The van der Waals surface area contributed by atoms with Crippen molar-refractivity contribution in [2.24, 2.45) is 0 Å². The standard InChI is InChI=1S/C15H23ClN4/c1-4-8-18-15(10-17)7-5-6-13(9-15)20-12(3)14(16)11(2)19-20/h13,18H,4-9H2,1-3H3. The van der Waals surface area contributed by atoms with Gasteiger partial charge < -0.3 is 0 Å². The normalized spacial score (nSPS) is 26.4. The van der Waals surface area contributed by atoms with Crippen molar-refractivity contribution < 1.29 is 0 Å². The first-order chi connectivity index (χ1) is 9.53. The van der Waals surface area contributed by atoms with Crippen LogP contribution in [0.25, 0.3) is 0 Å². The van der Waals surface area contributed by atoms with Gasteiger partial charge in [-0.25, -0.2) is 0 Å². The Balaban J connectivity index is 2.21. The van der Waals surface area contributed by atoms with Crippen LogP contribution in [0.3, 0.4) is 0 Å². The summed E-state index contributed by atoms with van der Waals surface area (Å²) >= 11 is 6.24. The van der Waals surface area contributed by atoms with Gasteiger partial charge in [0.2, 0.25) is 0 Å². The average molecular weight is 295 g/mol. The van der Waals surface area contributed by atoms with Crippen LogP contribution in [-0.4, -0.2) is 21.9 Å². The summed E-state index contributed by atoms with van der Waals surface area (Å²) in [7, 11) is 0. The first kappa shape index (κ1) is 15.3. The lowest BCUT2D eigenvalue weighted by atomic mass is 9.80. The molecule has 0 aliphatic heterocycles. The van der Waals surface area contributed by atoms with E-state index in [4.69, 9.17) is 11.6 Å². The van der Waals surface area contributed by atoms with Crippen LogP contribution in [0.15, 0.2) is 0 Å². The maximum atomic E-state index is 9.59. The van der Waals surface area contributed by atoms with Crippen LogP contribution in [0.5, 0.6) is 0 Å². The van der Waals surface area contributed by atoms with E-state index >= 15 is 0 Å². The maximum Gasteiger partial charge on any atom is 0.108 e. The minimum atomic E-state index is -0.405. The molecule has 1 fully saturated rings. The molecule has 1 aromatic heterocycles. The average Bonchev–Trinajstić information content (AvgIpc) is 2.73. The van der Waals surface area contributed by atoms with E-state index in [9.17, 15) is 5.26 Å². The van der Waals surface area contributed by atoms with Crippen molar-refractivity contribution in [3.05, 3.63) is 16.4 Å². The molecule has 0 saturated heterocycles. The molecule has 110 valence electrons. The highest BCUT2D eigenvalue weighted by atomic mass is 35.5. The number of halogens is 1. The van der Waals surface area contributed by atoms with E-state index in [0.29, 0.717) is 0 Å². The summed E-state index contributed by atoms with van der Waals surface area (Å²) in [6.45, 7) is 6.95. The van der Waals surface area contributed by atoms with Gasteiger partial charge in [0.1, 0.15) is 5.54 Å². The van der Waals surface area contributed by atoms with Crippen LogP contribution in [0.4, 0.5) is 0 Å². The molecule has 0 bridgehead atoms. The van der Waals surface area contributed by atoms with E-state index in [0.717, 1.165) is 55.1 Å². The Morgan fingerprint density at radius 2 is 2.30 bits per heavy atom. The highest BCUT2D eigenvalue weighted by Crippen LogP contribution is 2.37. The van der Waals surface area contributed by atoms with Gasteiger partial charge in [0.25, 0.3) is 0 Å². The monoisotopic (exact) mass is 294 g/mol. The van der Waals surface area contributed by atoms with Crippen molar-refractivity contribution in [2.45, 2.75) is 64.5 Å². The van der Waals surface area contributed by atoms with Crippen molar-refractivity contribution in [1.82, 2.24) is 15.1 Å². The van der Waals surface area contributed by atoms with Crippen molar-refractivity contribution in [3.63, 3.8) is 0 Å². The highest BCUT2D eigenvalue weighted by molar-refractivity contribution is 6.31. The molecule has 5 heteroatoms. The van der Waals surface area contributed by atoms with Crippen molar-refractivity contribution in [1.29, 1.82) is 5.26 Å². The fourth-order valence-corrected chi connectivity index (χ4v) is 3.24. The Morgan fingerprint density at radius 1 is 1.55 bits per heavy atom. The molecular weight excluding hydrogens is 272 g/mol. The van der Waals surface area contributed by atoms with E-state index in [1.165, 1.54) is 0 Å². The van der Waals surface area contributed by atoms with Crippen LogP contribution >= 0.6 is 11.6 Å². The molecule has 1 aliphatic rings. The van der Waals surface area contributed by atoms with Gasteiger partial charge in [-0.15, -0.1) is 0 Å². The number of nitrogens with one attached hydrogen (secondary N) is 1. The van der Waals surface area contributed by atoms with Gasteiger partial charge in [-0.3, -0.25) is 10.00 Å². The van der Waals surface area contributed by atoms with Crippen LogP contribution in [-0.2, 0) is 0 Å². The zero-order chi connectivity index (χ0) is 14.8. The first-order valence-corrected chi connectivity index (χ1v) is 7.78. The predicted molar refractivity (Wildman–Crippen MR) is 80.9 cm³/mol. The van der Waals surface area contributed by atoms with Gasteiger partial charge in [-0.2, -0.15) is 10.4 Å². The first-order valence-electron chi connectivity index (χ1n) is 7.40.